The molecule has 0 unspecified atom stereocenters. The fourth-order valence-corrected chi connectivity index (χ4v) is 2.73. The number of piperazine rings is 1. The maximum Gasteiger partial charge on any atom is 0.322 e. The molecule has 3 amide bonds. The van der Waals surface area contributed by atoms with Crippen molar-refractivity contribution >= 4 is 17.6 Å². The number of nitrogens with one attached hydrogen (secondary N) is 2. The summed E-state index contributed by atoms with van der Waals surface area (Å²) in [5.41, 5.74) is 1.81. The minimum absolute atomic E-state index is 0.147. The van der Waals surface area contributed by atoms with Crippen LogP contribution in [0.25, 0.3) is 0 Å². The predicted molar refractivity (Wildman–Crippen MR) is 90.5 cm³/mol. The van der Waals surface area contributed by atoms with Gasteiger partial charge < -0.3 is 15.1 Å². The van der Waals surface area contributed by atoms with Gasteiger partial charge >= 0.3 is 6.03 Å². The first-order valence-corrected chi connectivity index (χ1v) is 8.09. The highest BCUT2D eigenvalue weighted by Crippen LogP contribution is 2.10. The van der Waals surface area contributed by atoms with Gasteiger partial charge in [-0.25, -0.2) is 4.79 Å². The highest BCUT2D eigenvalue weighted by molar-refractivity contribution is 5.89. The van der Waals surface area contributed by atoms with Crippen molar-refractivity contribution in [2.24, 2.45) is 0 Å². The van der Waals surface area contributed by atoms with Gasteiger partial charge in [0.25, 0.3) is 0 Å². The Bertz CT molecular complexity index is 664. The number of aromatic nitrogens is 2. The fraction of sp³-hybridized carbons (Fsp3) is 0.353. The van der Waals surface area contributed by atoms with Crippen LogP contribution >= 0.6 is 0 Å². The van der Waals surface area contributed by atoms with E-state index in [1.807, 2.05) is 35.2 Å². The lowest BCUT2D eigenvalue weighted by Crippen LogP contribution is -2.51. The molecular formula is C17H21N5O2. The van der Waals surface area contributed by atoms with Crippen molar-refractivity contribution in [2.75, 3.05) is 31.5 Å². The molecule has 1 aromatic heterocycles. The highest BCUT2D eigenvalue weighted by Gasteiger charge is 2.24. The number of nitrogens with zero attached hydrogens (tertiary/aromatic N) is 3. The van der Waals surface area contributed by atoms with Crippen LogP contribution in [0.5, 0.6) is 0 Å². The molecule has 126 valence electrons. The molecule has 7 nitrogen and oxygen atoms in total. The summed E-state index contributed by atoms with van der Waals surface area (Å²) >= 11 is 0. The third kappa shape index (κ3) is 4.13. The summed E-state index contributed by atoms with van der Waals surface area (Å²) in [5, 5.41) is 9.21. The zero-order valence-electron chi connectivity index (χ0n) is 13.4. The first-order valence-electron chi connectivity index (χ1n) is 8.09. The van der Waals surface area contributed by atoms with Gasteiger partial charge in [0.15, 0.2) is 0 Å². The van der Waals surface area contributed by atoms with Crippen LogP contribution in [0.4, 0.5) is 10.5 Å². The minimum atomic E-state index is -0.159. The van der Waals surface area contributed by atoms with E-state index in [9.17, 15) is 9.59 Å². The normalized spacial score (nSPS) is 14.5. The van der Waals surface area contributed by atoms with Gasteiger partial charge in [-0.1, -0.05) is 30.3 Å². The van der Waals surface area contributed by atoms with E-state index in [2.05, 4.69) is 15.5 Å². The van der Waals surface area contributed by atoms with Crippen molar-refractivity contribution in [1.29, 1.82) is 0 Å². The number of aromatic amines is 1. The lowest BCUT2D eigenvalue weighted by molar-refractivity contribution is -0.132. The van der Waals surface area contributed by atoms with Crippen LogP contribution in [0.2, 0.25) is 0 Å². The van der Waals surface area contributed by atoms with Gasteiger partial charge in [0.05, 0.1) is 11.9 Å². The van der Waals surface area contributed by atoms with Gasteiger partial charge in [0, 0.05) is 38.8 Å². The standard InChI is InChI=1S/C17H21N5O2/c23-16(7-6-14-4-2-1-3-5-14)21-8-10-22(11-9-21)17(24)20-15-12-18-19-13-15/h1-5,12-13H,6-11H2,(H,18,19)(H,20,24). The summed E-state index contributed by atoms with van der Waals surface area (Å²) in [7, 11) is 0. The molecule has 0 aliphatic carbocycles. The monoisotopic (exact) mass is 327 g/mol. The molecule has 2 heterocycles. The van der Waals surface area contributed by atoms with Gasteiger partial charge in [-0.3, -0.25) is 9.89 Å². The van der Waals surface area contributed by atoms with Gasteiger partial charge in [-0.2, -0.15) is 5.10 Å². The van der Waals surface area contributed by atoms with Gasteiger partial charge in [-0.05, 0) is 12.0 Å². The van der Waals surface area contributed by atoms with Crippen molar-refractivity contribution in [3.05, 3.63) is 48.3 Å². The Morgan fingerprint density at radius 2 is 1.79 bits per heavy atom. The number of benzene rings is 1. The highest BCUT2D eigenvalue weighted by atomic mass is 16.2. The van der Waals surface area contributed by atoms with Gasteiger partial charge in [0.1, 0.15) is 0 Å². The Labute approximate surface area is 140 Å². The Morgan fingerprint density at radius 3 is 2.46 bits per heavy atom. The number of hydrogen-bond donors (Lipinski definition) is 2. The van der Waals surface area contributed by atoms with Crippen molar-refractivity contribution in [3.8, 4) is 0 Å². The number of carbonyl (C=O) groups is 2. The molecule has 7 heteroatoms. The molecule has 0 saturated carbocycles. The summed E-state index contributed by atoms with van der Waals surface area (Å²) in [4.78, 5) is 28.0. The second-order valence-corrected chi connectivity index (χ2v) is 5.77. The first-order chi connectivity index (χ1) is 11.7. The average molecular weight is 327 g/mol. The number of hydrogen-bond acceptors (Lipinski definition) is 3. The van der Waals surface area contributed by atoms with E-state index in [1.54, 1.807) is 17.3 Å². The van der Waals surface area contributed by atoms with Crippen molar-refractivity contribution in [3.63, 3.8) is 0 Å². The smallest absolute Gasteiger partial charge is 0.322 e. The van der Waals surface area contributed by atoms with E-state index in [0.29, 0.717) is 38.3 Å². The minimum Gasteiger partial charge on any atom is -0.339 e. The zero-order chi connectivity index (χ0) is 16.8. The van der Waals surface area contributed by atoms with Crippen molar-refractivity contribution in [1.82, 2.24) is 20.0 Å². The van der Waals surface area contributed by atoms with Crippen LogP contribution in [0.3, 0.4) is 0 Å². The van der Waals surface area contributed by atoms with Crippen LogP contribution in [0.15, 0.2) is 42.7 Å². The number of anilines is 1. The Hall–Kier alpha value is -2.83. The Kier molecular flexibility index (Phi) is 5.10. The Morgan fingerprint density at radius 1 is 1.08 bits per heavy atom. The molecule has 2 N–H and O–H groups in total. The maximum absolute atomic E-state index is 12.3. The van der Waals surface area contributed by atoms with E-state index < -0.39 is 0 Å². The molecule has 0 spiro atoms. The molecule has 1 aliphatic rings. The molecule has 1 fully saturated rings. The molecule has 1 saturated heterocycles. The third-order valence-electron chi connectivity index (χ3n) is 4.14. The van der Waals surface area contributed by atoms with E-state index >= 15 is 0 Å². The largest absolute Gasteiger partial charge is 0.339 e. The summed E-state index contributed by atoms with van der Waals surface area (Å²) in [6.45, 7) is 2.24. The van der Waals surface area contributed by atoms with Crippen LogP contribution in [-0.2, 0) is 11.2 Å². The number of amides is 3. The first kappa shape index (κ1) is 16.0. The lowest BCUT2D eigenvalue weighted by Gasteiger charge is -2.34. The van der Waals surface area contributed by atoms with E-state index in [1.165, 1.54) is 5.56 Å². The number of carbonyl (C=O) groups excluding carboxylic acids is 2. The van der Waals surface area contributed by atoms with Gasteiger partial charge in [-0.15, -0.1) is 0 Å². The van der Waals surface area contributed by atoms with E-state index in [4.69, 9.17) is 0 Å². The van der Waals surface area contributed by atoms with Crippen molar-refractivity contribution < 1.29 is 9.59 Å². The van der Waals surface area contributed by atoms with E-state index in [-0.39, 0.29) is 11.9 Å². The predicted octanol–water partition coefficient (Wildman–Crippen LogP) is 1.72. The van der Waals surface area contributed by atoms with Crippen LogP contribution in [-0.4, -0.2) is 58.1 Å². The summed E-state index contributed by atoms with van der Waals surface area (Å²) in [6.07, 6.45) is 4.44. The summed E-state index contributed by atoms with van der Waals surface area (Å²) < 4.78 is 0. The second-order valence-electron chi connectivity index (χ2n) is 5.77. The molecule has 0 radical (unpaired) electrons. The summed E-state index contributed by atoms with van der Waals surface area (Å²) in [5.74, 6) is 0.147. The number of rotatable bonds is 4. The van der Waals surface area contributed by atoms with E-state index in [0.717, 1.165) is 6.42 Å². The molecule has 1 aliphatic heterocycles. The quantitative estimate of drug-likeness (QED) is 0.897. The Balaban J connectivity index is 1.42. The maximum atomic E-state index is 12.3. The lowest BCUT2D eigenvalue weighted by atomic mass is 10.1. The average Bonchev–Trinajstić information content (AvgIpc) is 3.13. The molecule has 1 aromatic carbocycles. The molecule has 2 aromatic rings. The summed E-state index contributed by atoms with van der Waals surface area (Å²) in [6, 6.07) is 9.84. The van der Waals surface area contributed by atoms with Crippen LogP contribution in [0.1, 0.15) is 12.0 Å². The molecule has 24 heavy (non-hydrogen) atoms. The SMILES string of the molecule is O=C(CCc1ccccc1)N1CCN(C(=O)Nc2cn[nH]c2)CC1. The second kappa shape index (κ2) is 7.63. The molecule has 3 rings (SSSR count). The number of H-pyrrole nitrogens is 1. The molecule has 0 atom stereocenters. The zero-order valence-corrected chi connectivity index (χ0v) is 13.4. The third-order valence-corrected chi connectivity index (χ3v) is 4.14. The van der Waals surface area contributed by atoms with Crippen LogP contribution < -0.4 is 5.32 Å². The topological polar surface area (TPSA) is 81.3 Å². The molecular weight excluding hydrogens is 306 g/mol. The number of urea groups is 1. The molecule has 0 bridgehead atoms. The number of aryl methyl sites for hydroxylation is 1. The van der Waals surface area contributed by atoms with Crippen LogP contribution in [0, 0.1) is 0 Å². The van der Waals surface area contributed by atoms with Gasteiger partial charge in [0.2, 0.25) is 5.91 Å². The van der Waals surface area contributed by atoms with Crippen molar-refractivity contribution in [2.45, 2.75) is 12.8 Å². The fourth-order valence-electron chi connectivity index (χ4n) is 2.73.